The normalized spacial score (nSPS) is 10.7. The fourth-order valence-electron chi connectivity index (χ4n) is 1.71. The fourth-order valence-corrected chi connectivity index (χ4v) is 2.81. The molecule has 0 aliphatic carbocycles. The average Bonchev–Trinajstić information content (AvgIpc) is 2.50. The summed E-state index contributed by atoms with van der Waals surface area (Å²) in [5.74, 6) is 0.341. The molecule has 2 rings (SSSR count). The van der Waals surface area contributed by atoms with Gasteiger partial charge < -0.3 is 9.84 Å². The number of benzene rings is 2. The van der Waals surface area contributed by atoms with Crippen molar-refractivity contribution in [3.63, 3.8) is 0 Å². The summed E-state index contributed by atoms with van der Waals surface area (Å²) in [6, 6.07) is 10.6. The number of amides is 1. The summed E-state index contributed by atoms with van der Waals surface area (Å²) < 4.78 is 6.67. The molecule has 0 unspecified atom stereocenters. The highest BCUT2D eigenvalue weighted by Crippen LogP contribution is 2.29. The summed E-state index contributed by atoms with van der Waals surface area (Å²) in [6.07, 6.45) is 1.43. The zero-order valence-electron chi connectivity index (χ0n) is 12.2. The van der Waals surface area contributed by atoms with E-state index in [2.05, 4.69) is 42.4 Å². The summed E-state index contributed by atoms with van der Waals surface area (Å²) in [4.78, 5) is 11.7. The van der Waals surface area contributed by atoms with Crippen LogP contribution < -0.4 is 10.2 Å². The molecule has 0 saturated heterocycles. The number of carbonyl (C=O) groups is 1. The van der Waals surface area contributed by atoms with Crippen molar-refractivity contribution in [3.8, 4) is 11.5 Å². The van der Waals surface area contributed by atoms with Crippen molar-refractivity contribution in [1.29, 1.82) is 0 Å². The number of phenolic OH excluding ortho intramolecular Hbond substituents is 1. The number of hydrazone groups is 1. The van der Waals surface area contributed by atoms with Gasteiger partial charge >= 0.3 is 0 Å². The van der Waals surface area contributed by atoms with E-state index < -0.39 is 0 Å². The largest absolute Gasteiger partial charge is 0.507 e. The van der Waals surface area contributed by atoms with Gasteiger partial charge in [-0.3, -0.25) is 4.79 Å². The summed E-state index contributed by atoms with van der Waals surface area (Å²) in [6.45, 7) is 1.82. The number of rotatable bonds is 5. The van der Waals surface area contributed by atoms with E-state index in [1.54, 1.807) is 12.1 Å². The quantitative estimate of drug-likeness (QED) is 0.548. The Bertz CT molecular complexity index is 748. The number of nitrogens with one attached hydrogen (secondary N) is 1. The van der Waals surface area contributed by atoms with Crippen LogP contribution in [0.4, 0.5) is 0 Å². The lowest BCUT2D eigenvalue weighted by atomic mass is 10.2. The highest BCUT2D eigenvalue weighted by atomic mass is 79.9. The molecule has 0 heterocycles. The molecule has 23 heavy (non-hydrogen) atoms. The van der Waals surface area contributed by atoms with E-state index in [-0.39, 0.29) is 18.3 Å². The molecule has 2 aromatic carbocycles. The molecule has 2 aromatic rings. The first-order valence-electron chi connectivity index (χ1n) is 6.65. The molecular weight excluding hydrogens is 428 g/mol. The maximum Gasteiger partial charge on any atom is 0.277 e. The van der Waals surface area contributed by atoms with Crippen LogP contribution in [0, 0.1) is 6.92 Å². The van der Waals surface area contributed by atoms with Gasteiger partial charge in [0.15, 0.2) is 6.61 Å². The summed E-state index contributed by atoms with van der Waals surface area (Å²) >= 11 is 6.56. The molecule has 0 bridgehead atoms. The van der Waals surface area contributed by atoms with E-state index in [1.165, 1.54) is 12.3 Å². The van der Waals surface area contributed by atoms with Gasteiger partial charge in [-0.05, 0) is 52.7 Å². The van der Waals surface area contributed by atoms with Crippen molar-refractivity contribution in [1.82, 2.24) is 5.43 Å². The second-order valence-electron chi connectivity index (χ2n) is 4.72. The number of hydrogen-bond donors (Lipinski definition) is 2. The number of ether oxygens (including phenoxy) is 1. The fraction of sp³-hybridized carbons (Fsp3) is 0.125. The van der Waals surface area contributed by atoms with Gasteiger partial charge in [0.05, 0.1) is 10.7 Å². The molecule has 0 aliphatic rings. The van der Waals surface area contributed by atoms with Crippen LogP contribution >= 0.6 is 31.9 Å². The van der Waals surface area contributed by atoms with E-state index in [1.807, 2.05) is 25.1 Å². The van der Waals surface area contributed by atoms with Crippen LogP contribution in [0.3, 0.4) is 0 Å². The van der Waals surface area contributed by atoms with E-state index in [0.29, 0.717) is 15.8 Å². The first kappa shape index (κ1) is 17.5. The summed E-state index contributed by atoms with van der Waals surface area (Å²) in [5, 5.41) is 13.5. The Morgan fingerprint density at radius 1 is 1.30 bits per heavy atom. The molecule has 0 aliphatic heterocycles. The van der Waals surface area contributed by atoms with Crippen molar-refractivity contribution in [2.45, 2.75) is 6.92 Å². The number of phenols is 1. The Balaban J connectivity index is 1.88. The molecule has 120 valence electrons. The van der Waals surface area contributed by atoms with Crippen molar-refractivity contribution in [2.24, 2.45) is 5.10 Å². The van der Waals surface area contributed by atoms with Gasteiger partial charge in [0.1, 0.15) is 11.5 Å². The molecule has 0 aromatic heterocycles. The lowest BCUT2D eigenvalue weighted by molar-refractivity contribution is -0.123. The zero-order valence-corrected chi connectivity index (χ0v) is 15.4. The third-order valence-corrected chi connectivity index (χ3v) is 4.14. The molecular formula is C16H14Br2N2O3. The molecule has 0 atom stereocenters. The standard InChI is InChI=1S/C16H14Br2N2O3/c1-10-3-2-4-12(5-10)23-9-16(22)20-19-8-11-6-15(21)14(18)7-13(11)17/h2-8,21H,9H2,1H3,(H,20,22)/b19-8-. The number of hydrogen-bond acceptors (Lipinski definition) is 4. The van der Waals surface area contributed by atoms with E-state index >= 15 is 0 Å². The van der Waals surface area contributed by atoms with Gasteiger partial charge in [0.2, 0.25) is 0 Å². The molecule has 5 nitrogen and oxygen atoms in total. The smallest absolute Gasteiger partial charge is 0.277 e. The minimum absolute atomic E-state index is 0.0868. The first-order valence-corrected chi connectivity index (χ1v) is 8.23. The van der Waals surface area contributed by atoms with Crippen LogP contribution in [0.5, 0.6) is 11.5 Å². The Morgan fingerprint density at radius 3 is 2.83 bits per heavy atom. The summed E-state index contributed by atoms with van der Waals surface area (Å²) in [7, 11) is 0. The Morgan fingerprint density at radius 2 is 2.09 bits per heavy atom. The maximum absolute atomic E-state index is 11.7. The third kappa shape index (κ3) is 5.37. The molecule has 7 heteroatoms. The zero-order chi connectivity index (χ0) is 16.8. The minimum atomic E-state index is -0.375. The molecule has 0 saturated carbocycles. The molecule has 0 radical (unpaired) electrons. The lowest BCUT2D eigenvalue weighted by Crippen LogP contribution is -2.24. The van der Waals surface area contributed by atoms with Gasteiger partial charge in [-0.25, -0.2) is 5.43 Å². The second kappa shape index (κ2) is 8.12. The van der Waals surface area contributed by atoms with Gasteiger partial charge in [-0.15, -0.1) is 0 Å². The van der Waals surface area contributed by atoms with Crippen molar-refractivity contribution >= 4 is 44.0 Å². The average molecular weight is 442 g/mol. The Kier molecular flexibility index (Phi) is 6.18. The van der Waals surface area contributed by atoms with Gasteiger partial charge in [0.25, 0.3) is 5.91 Å². The number of carbonyl (C=O) groups excluding carboxylic acids is 1. The first-order chi connectivity index (χ1) is 11.0. The minimum Gasteiger partial charge on any atom is -0.507 e. The third-order valence-electron chi connectivity index (χ3n) is 2.82. The van der Waals surface area contributed by atoms with Crippen molar-refractivity contribution in [2.75, 3.05) is 6.61 Å². The molecule has 0 fully saturated rings. The molecule has 0 spiro atoms. The van der Waals surface area contributed by atoms with E-state index in [0.717, 1.165) is 10.0 Å². The van der Waals surface area contributed by atoms with Crippen LogP contribution in [0.25, 0.3) is 0 Å². The van der Waals surface area contributed by atoms with Gasteiger partial charge in [-0.1, -0.05) is 28.1 Å². The second-order valence-corrected chi connectivity index (χ2v) is 6.43. The predicted molar refractivity (Wildman–Crippen MR) is 95.9 cm³/mol. The Labute approximate surface area is 150 Å². The molecule has 2 N–H and O–H groups in total. The predicted octanol–water partition coefficient (Wildman–Crippen LogP) is 3.75. The van der Waals surface area contributed by atoms with E-state index in [9.17, 15) is 9.90 Å². The lowest BCUT2D eigenvalue weighted by Gasteiger charge is -2.05. The van der Waals surface area contributed by atoms with Crippen molar-refractivity contribution in [3.05, 3.63) is 56.5 Å². The van der Waals surface area contributed by atoms with Crippen LogP contribution in [0.1, 0.15) is 11.1 Å². The topological polar surface area (TPSA) is 70.9 Å². The van der Waals surface area contributed by atoms with Crippen LogP contribution in [-0.4, -0.2) is 23.8 Å². The summed E-state index contributed by atoms with van der Waals surface area (Å²) in [5.41, 5.74) is 4.06. The number of aromatic hydroxyl groups is 1. The SMILES string of the molecule is Cc1cccc(OCC(=O)N/N=C\c2cc(O)c(Br)cc2Br)c1. The van der Waals surface area contributed by atoms with Crippen LogP contribution in [0.2, 0.25) is 0 Å². The van der Waals surface area contributed by atoms with Gasteiger partial charge in [0, 0.05) is 10.0 Å². The van der Waals surface area contributed by atoms with E-state index in [4.69, 9.17) is 4.74 Å². The highest BCUT2D eigenvalue weighted by molar-refractivity contribution is 9.11. The highest BCUT2D eigenvalue weighted by Gasteiger charge is 2.05. The Hall–Kier alpha value is -1.86. The molecule has 1 amide bonds. The van der Waals surface area contributed by atoms with Crippen LogP contribution in [-0.2, 0) is 4.79 Å². The van der Waals surface area contributed by atoms with Crippen molar-refractivity contribution < 1.29 is 14.6 Å². The maximum atomic E-state index is 11.7. The number of halogens is 2. The monoisotopic (exact) mass is 440 g/mol. The van der Waals surface area contributed by atoms with Gasteiger partial charge in [-0.2, -0.15) is 5.10 Å². The number of nitrogens with zero attached hydrogens (tertiary/aromatic N) is 1. The van der Waals surface area contributed by atoms with Crippen LogP contribution in [0.15, 0.2) is 50.4 Å². The number of aryl methyl sites for hydroxylation is 1.